The minimum Gasteiger partial charge on any atom is -0.414 e. The molecule has 17 heavy (non-hydrogen) atoms. The predicted octanol–water partition coefficient (Wildman–Crippen LogP) is 1.10. The number of nitrogens with two attached hydrogens (primary N) is 1. The lowest BCUT2D eigenvalue weighted by Gasteiger charge is -1.91. The van der Waals surface area contributed by atoms with Crippen molar-refractivity contribution in [1.82, 2.24) is 25.6 Å². The van der Waals surface area contributed by atoms with Crippen molar-refractivity contribution in [2.75, 3.05) is 5.73 Å². The summed E-state index contributed by atoms with van der Waals surface area (Å²) in [4.78, 5) is 0. The van der Waals surface area contributed by atoms with Gasteiger partial charge in [0.05, 0.1) is 0 Å². The van der Waals surface area contributed by atoms with Crippen LogP contribution in [-0.4, -0.2) is 25.6 Å². The Morgan fingerprint density at radius 3 is 2.47 bits per heavy atom. The van der Waals surface area contributed by atoms with Gasteiger partial charge in [0.25, 0.3) is 5.89 Å². The molecule has 3 N–H and O–H groups in total. The second kappa shape index (κ2) is 3.71. The molecule has 7 nitrogen and oxygen atoms in total. The van der Waals surface area contributed by atoms with Gasteiger partial charge in [0.15, 0.2) is 11.5 Å². The zero-order valence-electron chi connectivity index (χ0n) is 8.66. The molecule has 0 aliphatic rings. The third-order valence-electron chi connectivity index (χ3n) is 2.22. The maximum Gasteiger partial charge on any atom is 0.272 e. The van der Waals surface area contributed by atoms with Gasteiger partial charge in [-0.15, -0.1) is 20.4 Å². The van der Waals surface area contributed by atoms with E-state index in [1.54, 1.807) is 0 Å². The lowest BCUT2D eigenvalue weighted by Crippen LogP contribution is -1.88. The van der Waals surface area contributed by atoms with Gasteiger partial charge in [0.2, 0.25) is 5.89 Å². The maximum atomic E-state index is 5.59. The number of nitrogens with zero attached hydrogens (tertiary/aromatic N) is 4. The Bertz CT molecular complexity index is 629. The van der Waals surface area contributed by atoms with Crippen LogP contribution in [0.5, 0.6) is 0 Å². The van der Waals surface area contributed by atoms with Crippen molar-refractivity contribution in [2.24, 2.45) is 0 Å². The molecule has 0 saturated carbocycles. The monoisotopic (exact) mass is 228 g/mol. The molecule has 0 spiro atoms. The molecule has 0 radical (unpaired) electrons. The smallest absolute Gasteiger partial charge is 0.272 e. The van der Waals surface area contributed by atoms with Crippen LogP contribution in [0.4, 0.5) is 5.82 Å². The summed E-state index contributed by atoms with van der Waals surface area (Å²) in [5, 5.41) is 17.7. The number of benzene rings is 1. The Kier molecular flexibility index (Phi) is 2.08. The van der Waals surface area contributed by atoms with Crippen LogP contribution in [-0.2, 0) is 0 Å². The lowest BCUT2D eigenvalue weighted by atomic mass is 10.2. The van der Waals surface area contributed by atoms with Gasteiger partial charge < -0.3 is 10.2 Å². The van der Waals surface area contributed by atoms with Crippen LogP contribution in [0, 0.1) is 0 Å². The maximum absolute atomic E-state index is 5.59. The van der Waals surface area contributed by atoms with E-state index in [4.69, 9.17) is 10.2 Å². The van der Waals surface area contributed by atoms with Crippen molar-refractivity contribution >= 4 is 5.82 Å². The van der Waals surface area contributed by atoms with E-state index in [9.17, 15) is 0 Å². The second-order valence-electron chi connectivity index (χ2n) is 3.34. The minimum absolute atomic E-state index is 0.230. The molecular weight excluding hydrogens is 220 g/mol. The highest BCUT2D eigenvalue weighted by Gasteiger charge is 2.15. The van der Waals surface area contributed by atoms with Gasteiger partial charge >= 0.3 is 0 Å². The second-order valence-corrected chi connectivity index (χ2v) is 3.34. The summed E-state index contributed by atoms with van der Waals surface area (Å²) in [7, 11) is 0. The molecule has 3 aromatic rings. The molecule has 1 aromatic carbocycles. The molecule has 2 aromatic heterocycles. The summed E-state index contributed by atoms with van der Waals surface area (Å²) < 4.78 is 5.47. The number of aromatic amines is 1. The van der Waals surface area contributed by atoms with E-state index in [0.29, 0.717) is 11.6 Å². The average Bonchev–Trinajstić information content (AvgIpc) is 2.98. The largest absolute Gasteiger partial charge is 0.414 e. The quantitative estimate of drug-likeness (QED) is 0.680. The molecule has 0 saturated heterocycles. The van der Waals surface area contributed by atoms with Crippen LogP contribution >= 0.6 is 0 Å². The molecule has 2 heterocycles. The van der Waals surface area contributed by atoms with Crippen molar-refractivity contribution in [3.05, 3.63) is 30.3 Å². The Labute approximate surface area is 95.7 Å². The molecule has 7 heteroatoms. The first kappa shape index (κ1) is 9.52. The topological polar surface area (TPSA) is 107 Å². The van der Waals surface area contributed by atoms with E-state index in [0.717, 1.165) is 5.56 Å². The molecule has 0 unspecified atom stereocenters. The zero-order valence-corrected chi connectivity index (χ0v) is 8.66. The van der Waals surface area contributed by atoms with E-state index >= 15 is 0 Å². The predicted molar refractivity (Wildman–Crippen MR) is 59.5 cm³/mol. The van der Waals surface area contributed by atoms with E-state index in [-0.39, 0.29) is 11.7 Å². The Morgan fingerprint density at radius 2 is 1.76 bits per heavy atom. The highest BCUT2D eigenvalue weighted by Crippen LogP contribution is 2.24. The van der Waals surface area contributed by atoms with E-state index in [1.165, 1.54) is 0 Å². The summed E-state index contributed by atoms with van der Waals surface area (Å²) in [6.07, 6.45) is 0. The third-order valence-corrected chi connectivity index (χ3v) is 2.22. The molecule has 3 rings (SSSR count). The van der Waals surface area contributed by atoms with Gasteiger partial charge in [-0.1, -0.05) is 18.2 Å². The van der Waals surface area contributed by atoms with E-state index in [1.807, 2.05) is 30.3 Å². The number of rotatable bonds is 2. The van der Waals surface area contributed by atoms with Crippen LogP contribution in [0.25, 0.3) is 23.0 Å². The van der Waals surface area contributed by atoms with Crippen molar-refractivity contribution in [3.63, 3.8) is 0 Å². The Morgan fingerprint density at radius 1 is 1.00 bits per heavy atom. The van der Waals surface area contributed by atoms with Crippen molar-refractivity contribution in [2.45, 2.75) is 0 Å². The van der Waals surface area contributed by atoms with Gasteiger partial charge in [-0.3, -0.25) is 0 Å². The SMILES string of the molecule is Nc1n[nH]nc1-c1nnc(-c2ccccc2)o1. The fraction of sp³-hybridized carbons (Fsp3) is 0. The first-order valence-corrected chi connectivity index (χ1v) is 4.90. The van der Waals surface area contributed by atoms with Gasteiger partial charge in [-0.05, 0) is 12.1 Å². The van der Waals surface area contributed by atoms with E-state index in [2.05, 4.69) is 25.6 Å². The molecule has 0 atom stereocenters. The van der Waals surface area contributed by atoms with Gasteiger partial charge in [-0.25, -0.2) is 0 Å². The highest BCUT2D eigenvalue weighted by molar-refractivity contribution is 5.62. The first-order chi connectivity index (χ1) is 8.34. The minimum atomic E-state index is 0.230. The molecular formula is C10H8N6O. The fourth-order valence-corrected chi connectivity index (χ4v) is 1.41. The number of hydrogen-bond donors (Lipinski definition) is 2. The Balaban J connectivity index is 2.02. The van der Waals surface area contributed by atoms with Crippen molar-refractivity contribution < 1.29 is 4.42 Å². The number of H-pyrrole nitrogens is 1. The van der Waals surface area contributed by atoms with Crippen molar-refractivity contribution in [1.29, 1.82) is 0 Å². The lowest BCUT2D eigenvalue weighted by molar-refractivity contribution is 0.582. The van der Waals surface area contributed by atoms with Gasteiger partial charge in [-0.2, -0.15) is 5.21 Å². The van der Waals surface area contributed by atoms with Crippen LogP contribution < -0.4 is 5.73 Å². The average molecular weight is 228 g/mol. The van der Waals surface area contributed by atoms with Crippen molar-refractivity contribution in [3.8, 4) is 23.0 Å². The number of aromatic nitrogens is 5. The first-order valence-electron chi connectivity index (χ1n) is 4.90. The summed E-state index contributed by atoms with van der Waals surface area (Å²) in [6.45, 7) is 0. The Hall–Kier alpha value is -2.70. The molecule has 84 valence electrons. The van der Waals surface area contributed by atoms with Crippen LogP contribution in [0.2, 0.25) is 0 Å². The van der Waals surface area contributed by atoms with Crippen LogP contribution in [0.1, 0.15) is 0 Å². The molecule has 0 bridgehead atoms. The molecule has 0 fully saturated rings. The highest BCUT2D eigenvalue weighted by atomic mass is 16.4. The van der Waals surface area contributed by atoms with Gasteiger partial charge in [0.1, 0.15) is 0 Å². The summed E-state index contributed by atoms with van der Waals surface area (Å²) in [5.41, 5.74) is 6.79. The molecule has 0 aliphatic carbocycles. The third kappa shape index (κ3) is 1.63. The fourth-order valence-electron chi connectivity index (χ4n) is 1.41. The summed E-state index contributed by atoms with van der Waals surface area (Å²) >= 11 is 0. The van der Waals surface area contributed by atoms with Crippen LogP contribution in [0.3, 0.4) is 0 Å². The summed E-state index contributed by atoms with van der Waals surface area (Å²) in [5.74, 6) is 0.895. The normalized spacial score (nSPS) is 10.6. The standard InChI is InChI=1S/C10H8N6O/c11-8-7(12-16-13-8)10-15-14-9(17-10)6-4-2-1-3-5-6/h1-5H,(H3,11,12,13,16). The molecule has 0 aliphatic heterocycles. The number of anilines is 1. The number of nitrogens with one attached hydrogen (secondary N) is 1. The summed E-state index contributed by atoms with van der Waals surface area (Å²) in [6, 6.07) is 9.45. The van der Waals surface area contributed by atoms with Crippen LogP contribution in [0.15, 0.2) is 34.7 Å². The van der Waals surface area contributed by atoms with Gasteiger partial charge in [0, 0.05) is 5.56 Å². The number of hydrogen-bond acceptors (Lipinski definition) is 6. The zero-order chi connectivity index (χ0) is 11.7. The molecule has 0 amide bonds. The number of nitrogen functional groups attached to an aromatic ring is 1. The van der Waals surface area contributed by atoms with E-state index < -0.39 is 0 Å².